The van der Waals surface area contributed by atoms with Gasteiger partial charge in [0, 0.05) is 0 Å². The van der Waals surface area contributed by atoms with Crippen LogP contribution in [0.25, 0.3) is 0 Å². The predicted octanol–water partition coefficient (Wildman–Crippen LogP) is 14.3. The van der Waals surface area contributed by atoms with Crippen molar-refractivity contribution in [2.75, 3.05) is 6.61 Å². The highest BCUT2D eigenvalue weighted by molar-refractivity contribution is 5.80. The second-order valence-corrected chi connectivity index (χ2v) is 16.7. The Labute approximate surface area is 343 Å². The summed E-state index contributed by atoms with van der Waals surface area (Å²) in [5, 5.41) is 33.1. The second-order valence-electron chi connectivity index (χ2n) is 16.7. The van der Waals surface area contributed by atoms with Crippen LogP contribution in [-0.4, -0.2) is 46.1 Å². The van der Waals surface area contributed by atoms with E-state index < -0.39 is 24.2 Å². The van der Waals surface area contributed by atoms with Crippen LogP contribution in [0.1, 0.15) is 251 Å². The lowest BCUT2D eigenvalue weighted by atomic mass is 10.0. The number of hydrogen-bond acceptors (Lipinski definition) is 4. The van der Waals surface area contributed by atoms with E-state index in [9.17, 15) is 20.1 Å². The van der Waals surface area contributed by atoms with Crippen molar-refractivity contribution in [3.8, 4) is 0 Å². The van der Waals surface area contributed by atoms with Gasteiger partial charge in [-0.25, -0.2) is 0 Å². The fraction of sp³-hybridized carbons (Fsp3) is 0.860. The van der Waals surface area contributed by atoms with Crippen molar-refractivity contribution < 1.29 is 20.1 Å². The maximum Gasteiger partial charge on any atom is 0.249 e. The topological polar surface area (TPSA) is 89.8 Å². The molecule has 5 nitrogen and oxygen atoms in total. The van der Waals surface area contributed by atoms with Gasteiger partial charge in [0.25, 0.3) is 0 Å². The van der Waals surface area contributed by atoms with Gasteiger partial charge in [0.15, 0.2) is 0 Å². The third kappa shape index (κ3) is 40.6. The molecule has 324 valence electrons. The van der Waals surface area contributed by atoms with Crippen molar-refractivity contribution >= 4 is 5.91 Å². The van der Waals surface area contributed by atoms with E-state index in [1.54, 1.807) is 6.08 Å². The number of rotatable bonds is 44. The van der Waals surface area contributed by atoms with E-state index in [0.29, 0.717) is 6.42 Å². The zero-order valence-corrected chi connectivity index (χ0v) is 36.8. The van der Waals surface area contributed by atoms with Gasteiger partial charge in [-0.3, -0.25) is 4.79 Å². The van der Waals surface area contributed by atoms with E-state index in [2.05, 4.69) is 43.5 Å². The lowest BCUT2D eigenvalue weighted by Gasteiger charge is -2.21. The van der Waals surface area contributed by atoms with Gasteiger partial charge in [0.05, 0.1) is 18.8 Å². The molecule has 0 aliphatic rings. The minimum absolute atomic E-state index is 0.376. The molecule has 0 saturated heterocycles. The Balaban J connectivity index is 3.60. The molecule has 0 saturated carbocycles. The predicted molar refractivity (Wildman–Crippen MR) is 241 cm³/mol. The molecule has 0 aliphatic carbocycles. The third-order valence-corrected chi connectivity index (χ3v) is 11.2. The molecular weight excluding hydrogens is 679 g/mol. The lowest BCUT2D eigenvalue weighted by molar-refractivity contribution is -0.131. The van der Waals surface area contributed by atoms with Gasteiger partial charge in [0.2, 0.25) is 5.91 Å². The summed E-state index contributed by atoms with van der Waals surface area (Å²) in [5.41, 5.74) is 0. The zero-order chi connectivity index (χ0) is 40.1. The van der Waals surface area contributed by atoms with E-state index in [4.69, 9.17) is 0 Å². The summed E-state index contributed by atoms with van der Waals surface area (Å²) in [4.78, 5) is 12.5. The molecule has 0 bridgehead atoms. The Bertz CT molecular complexity index is 855. The van der Waals surface area contributed by atoms with Gasteiger partial charge in [-0.2, -0.15) is 0 Å². The van der Waals surface area contributed by atoms with E-state index >= 15 is 0 Å². The minimum atomic E-state index is -1.11. The van der Waals surface area contributed by atoms with E-state index in [-0.39, 0.29) is 6.61 Å². The lowest BCUT2D eigenvalue weighted by Crippen LogP contribution is -2.48. The number of carbonyl (C=O) groups excluding carboxylic acids is 1. The molecule has 5 heteroatoms. The molecule has 4 N–H and O–H groups in total. The molecule has 1 amide bonds. The Morgan fingerprint density at radius 2 is 0.745 bits per heavy atom. The van der Waals surface area contributed by atoms with Crippen molar-refractivity contribution in [2.24, 2.45) is 0 Å². The van der Waals surface area contributed by atoms with Crippen LogP contribution in [0, 0.1) is 0 Å². The molecule has 0 aromatic rings. The highest BCUT2D eigenvalue weighted by atomic mass is 16.3. The van der Waals surface area contributed by atoms with Crippen LogP contribution in [0.5, 0.6) is 0 Å². The Morgan fingerprint density at radius 1 is 0.436 bits per heavy atom. The molecule has 0 rings (SSSR count). The average molecular weight is 774 g/mol. The first-order valence-corrected chi connectivity index (χ1v) is 24.3. The number of unbranched alkanes of at least 4 members (excludes halogenated alkanes) is 32. The van der Waals surface area contributed by atoms with Gasteiger partial charge in [-0.05, 0) is 57.8 Å². The number of allylic oxidation sites excluding steroid dienone is 5. The Hall–Kier alpha value is -1.43. The molecule has 0 aliphatic heterocycles. The van der Waals surface area contributed by atoms with Crippen LogP contribution in [0.3, 0.4) is 0 Å². The standard InChI is InChI=1S/C50H95NO4/c1-3-5-7-9-11-13-15-17-19-20-21-22-23-24-25-26-27-28-29-30-31-33-35-37-39-41-43-45-49(54)50(55)51-47(46-52)48(53)44-42-40-38-36-34-32-18-16-14-12-10-8-6-4-2/h24-25,34,36,42,44,47-49,52-54H,3-23,26-33,35,37-41,43,45-46H2,1-2H3,(H,51,55)/b25-24-,36-34+,44-42+. The van der Waals surface area contributed by atoms with E-state index in [1.165, 1.54) is 193 Å². The first-order valence-electron chi connectivity index (χ1n) is 24.3. The summed E-state index contributed by atoms with van der Waals surface area (Å²) in [6.07, 6.45) is 57.7. The van der Waals surface area contributed by atoms with Crippen LogP contribution < -0.4 is 5.32 Å². The van der Waals surface area contributed by atoms with Crippen LogP contribution in [0.15, 0.2) is 36.5 Å². The van der Waals surface area contributed by atoms with Crippen molar-refractivity contribution in [1.82, 2.24) is 5.32 Å². The van der Waals surface area contributed by atoms with E-state index in [0.717, 1.165) is 38.5 Å². The van der Waals surface area contributed by atoms with Gasteiger partial charge < -0.3 is 20.6 Å². The quantitative estimate of drug-likeness (QED) is 0.0367. The third-order valence-electron chi connectivity index (χ3n) is 11.2. The number of aliphatic hydroxyl groups excluding tert-OH is 3. The Morgan fingerprint density at radius 3 is 1.11 bits per heavy atom. The number of carbonyl (C=O) groups is 1. The first kappa shape index (κ1) is 53.6. The molecule has 0 fully saturated rings. The largest absolute Gasteiger partial charge is 0.394 e. The van der Waals surface area contributed by atoms with Gasteiger partial charge in [-0.15, -0.1) is 0 Å². The molecular formula is C50H95NO4. The number of nitrogens with one attached hydrogen (secondary N) is 1. The summed E-state index contributed by atoms with van der Waals surface area (Å²) in [6.45, 7) is 4.17. The monoisotopic (exact) mass is 774 g/mol. The highest BCUT2D eigenvalue weighted by Gasteiger charge is 2.22. The second kappa shape index (κ2) is 45.3. The molecule has 55 heavy (non-hydrogen) atoms. The maximum absolute atomic E-state index is 12.5. The Kier molecular flexibility index (Phi) is 44.1. The zero-order valence-electron chi connectivity index (χ0n) is 36.8. The van der Waals surface area contributed by atoms with Crippen LogP contribution in [-0.2, 0) is 4.79 Å². The summed E-state index contributed by atoms with van der Waals surface area (Å²) < 4.78 is 0. The van der Waals surface area contributed by atoms with E-state index in [1.807, 2.05) is 6.08 Å². The van der Waals surface area contributed by atoms with Crippen molar-refractivity contribution in [3.05, 3.63) is 36.5 Å². The summed E-state index contributed by atoms with van der Waals surface area (Å²) in [5.74, 6) is -0.513. The average Bonchev–Trinajstić information content (AvgIpc) is 3.19. The van der Waals surface area contributed by atoms with Crippen LogP contribution in [0.4, 0.5) is 0 Å². The SMILES string of the molecule is CCCCCCCCCC/C=C/CC/C=C/C(O)C(CO)NC(=O)C(O)CCCCCCCCCCCCC/C=C\CCCCCCCCCCCCCC. The molecule has 0 radical (unpaired) electrons. The van der Waals surface area contributed by atoms with Crippen molar-refractivity contribution in [3.63, 3.8) is 0 Å². The minimum Gasteiger partial charge on any atom is -0.394 e. The normalized spacial score (nSPS) is 13.8. The maximum atomic E-state index is 12.5. The fourth-order valence-corrected chi connectivity index (χ4v) is 7.37. The van der Waals surface area contributed by atoms with Crippen molar-refractivity contribution in [2.45, 2.75) is 270 Å². The molecule has 3 unspecified atom stereocenters. The van der Waals surface area contributed by atoms with Crippen molar-refractivity contribution in [1.29, 1.82) is 0 Å². The van der Waals surface area contributed by atoms with Crippen LogP contribution in [0.2, 0.25) is 0 Å². The molecule has 0 heterocycles. The van der Waals surface area contributed by atoms with Gasteiger partial charge >= 0.3 is 0 Å². The fourth-order valence-electron chi connectivity index (χ4n) is 7.37. The molecule has 0 spiro atoms. The summed E-state index contributed by atoms with van der Waals surface area (Å²) in [7, 11) is 0. The first-order chi connectivity index (χ1) is 27.1. The highest BCUT2D eigenvalue weighted by Crippen LogP contribution is 2.16. The smallest absolute Gasteiger partial charge is 0.249 e. The van der Waals surface area contributed by atoms with Crippen LogP contribution >= 0.6 is 0 Å². The molecule has 0 aromatic heterocycles. The summed E-state index contributed by atoms with van der Waals surface area (Å²) in [6, 6.07) is -0.813. The molecule has 3 atom stereocenters. The number of aliphatic hydroxyl groups is 3. The summed E-state index contributed by atoms with van der Waals surface area (Å²) >= 11 is 0. The number of amides is 1. The molecule has 0 aromatic carbocycles. The number of hydrogen-bond donors (Lipinski definition) is 4. The van der Waals surface area contributed by atoms with Gasteiger partial charge in [-0.1, -0.05) is 230 Å². The van der Waals surface area contributed by atoms with Gasteiger partial charge in [0.1, 0.15) is 6.10 Å².